The second kappa shape index (κ2) is 5.19. The number of amides is 1. The lowest BCUT2D eigenvalue weighted by atomic mass is 9.98. The molecule has 4 heteroatoms. The minimum Gasteiger partial charge on any atom is -0.367 e. The molecule has 1 aliphatic heterocycles. The third kappa shape index (κ3) is 2.88. The first kappa shape index (κ1) is 12.5. The molecule has 1 saturated heterocycles. The molecule has 1 aromatic heterocycles. The van der Waals surface area contributed by atoms with Gasteiger partial charge in [0, 0.05) is 25.3 Å². The summed E-state index contributed by atoms with van der Waals surface area (Å²) in [7, 11) is 0. The van der Waals surface area contributed by atoms with Crippen LogP contribution in [0.15, 0.2) is 18.3 Å². The van der Waals surface area contributed by atoms with Gasteiger partial charge >= 0.3 is 0 Å². The zero-order chi connectivity index (χ0) is 13.2. The average Bonchev–Trinajstić information content (AvgIpc) is 3.23. The van der Waals surface area contributed by atoms with E-state index < -0.39 is 0 Å². The first-order valence-electron chi connectivity index (χ1n) is 7.25. The molecule has 2 heterocycles. The first-order valence-corrected chi connectivity index (χ1v) is 7.25. The van der Waals surface area contributed by atoms with Gasteiger partial charge in [0.2, 0.25) is 0 Å². The van der Waals surface area contributed by atoms with E-state index >= 15 is 0 Å². The van der Waals surface area contributed by atoms with E-state index in [4.69, 9.17) is 0 Å². The second-order valence-electron chi connectivity index (χ2n) is 5.79. The van der Waals surface area contributed by atoms with Gasteiger partial charge in [0.15, 0.2) is 0 Å². The fourth-order valence-electron chi connectivity index (χ4n) is 2.50. The van der Waals surface area contributed by atoms with Crippen molar-refractivity contribution in [3.63, 3.8) is 0 Å². The van der Waals surface area contributed by atoms with Crippen LogP contribution in [0.2, 0.25) is 0 Å². The summed E-state index contributed by atoms with van der Waals surface area (Å²) in [5.41, 5.74) is 0.726. The van der Waals surface area contributed by atoms with Crippen LogP contribution in [0, 0.1) is 5.92 Å². The van der Waals surface area contributed by atoms with E-state index in [0.29, 0.717) is 6.04 Å². The molecule has 0 spiro atoms. The van der Waals surface area contributed by atoms with Gasteiger partial charge in [0.1, 0.15) is 5.82 Å². The maximum atomic E-state index is 12.6. The van der Waals surface area contributed by atoms with E-state index in [9.17, 15) is 4.79 Å². The van der Waals surface area contributed by atoms with Gasteiger partial charge in [0.25, 0.3) is 5.91 Å². The molecule has 2 aliphatic rings. The van der Waals surface area contributed by atoms with Crippen molar-refractivity contribution < 1.29 is 4.79 Å². The number of nitrogens with zero attached hydrogens (tertiary/aromatic N) is 2. The zero-order valence-corrected chi connectivity index (χ0v) is 11.4. The molecule has 2 fully saturated rings. The van der Waals surface area contributed by atoms with Crippen molar-refractivity contribution in [3.8, 4) is 0 Å². The molecule has 0 unspecified atom stereocenters. The van der Waals surface area contributed by atoms with E-state index in [1.807, 2.05) is 17.0 Å². The number of likely N-dealkylation sites (tertiary alicyclic amines) is 1. The molecule has 19 heavy (non-hydrogen) atoms. The largest absolute Gasteiger partial charge is 0.367 e. The number of aromatic nitrogens is 1. The Morgan fingerprint density at radius 1 is 1.32 bits per heavy atom. The number of hydrogen-bond donors (Lipinski definition) is 1. The minimum atomic E-state index is 0.128. The van der Waals surface area contributed by atoms with Gasteiger partial charge < -0.3 is 10.2 Å². The Morgan fingerprint density at radius 2 is 2.05 bits per heavy atom. The lowest BCUT2D eigenvalue weighted by Crippen LogP contribution is -2.38. The Balaban J connectivity index is 1.74. The molecule has 1 N–H and O–H groups in total. The third-order valence-electron chi connectivity index (χ3n) is 4.03. The Kier molecular flexibility index (Phi) is 3.40. The van der Waals surface area contributed by atoms with E-state index in [1.54, 1.807) is 6.20 Å². The summed E-state index contributed by atoms with van der Waals surface area (Å²) < 4.78 is 0. The van der Waals surface area contributed by atoms with Crippen LogP contribution >= 0.6 is 0 Å². The standard InChI is InChI=1S/C15H21N3O/c1-11-6-9-18(10-7-11)15(19)13-3-2-8-16-14(13)17-12-4-5-12/h2-3,8,11-12H,4-7,9-10H2,1H3,(H,16,17). The number of pyridine rings is 1. The molecule has 1 aromatic rings. The van der Waals surface area contributed by atoms with Crippen molar-refractivity contribution >= 4 is 11.7 Å². The normalized spacial score (nSPS) is 20.4. The molecule has 102 valence electrons. The molecule has 1 aliphatic carbocycles. The second-order valence-corrected chi connectivity index (χ2v) is 5.79. The molecular formula is C15H21N3O. The number of carbonyl (C=O) groups is 1. The van der Waals surface area contributed by atoms with Crippen molar-refractivity contribution in [1.82, 2.24) is 9.88 Å². The van der Waals surface area contributed by atoms with E-state index in [1.165, 1.54) is 12.8 Å². The summed E-state index contributed by atoms with van der Waals surface area (Å²) >= 11 is 0. The van der Waals surface area contributed by atoms with Crippen LogP contribution in [0.1, 0.15) is 43.0 Å². The number of nitrogens with one attached hydrogen (secondary N) is 1. The zero-order valence-electron chi connectivity index (χ0n) is 11.4. The summed E-state index contributed by atoms with van der Waals surface area (Å²) in [5, 5.41) is 3.35. The summed E-state index contributed by atoms with van der Waals surface area (Å²) in [5.74, 6) is 1.62. The SMILES string of the molecule is CC1CCN(C(=O)c2cccnc2NC2CC2)CC1. The van der Waals surface area contributed by atoms with Crippen LogP contribution in [0.25, 0.3) is 0 Å². The van der Waals surface area contributed by atoms with E-state index in [-0.39, 0.29) is 5.91 Å². The van der Waals surface area contributed by atoms with Gasteiger partial charge in [-0.05, 0) is 43.7 Å². The Labute approximate surface area is 114 Å². The molecule has 1 amide bonds. The fourth-order valence-corrected chi connectivity index (χ4v) is 2.50. The van der Waals surface area contributed by atoms with E-state index in [0.717, 1.165) is 43.2 Å². The van der Waals surface area contributed by atoms with Crippen molar-refractivity contribution in [2.45, 2.75) is 38.6 Å². The average molecular weight is 259 g/mol. The molecule has 0 radical (unpaired) electrons. The number of piperidine rings is 1. The van der Waals surface area contributed by atoms with Crippen molar-refractivity contribution in [2.24, 2.45) is 5.92 Å². The summed E-state index contributed by atoms with van der Waals surface area (Å²) in [6, 6.07) is 4.25. The maximum Gasteiger partial charge on any atom is 0.257 e. The monoisotopic (exact) mass is 259 g/mol. The fraction of sp³-hybridized carbons (Fsp3) is 0.600. The van der Waals surface area contributed by atoms with Crippen molar-refractivity contribution in [1.29, 1.82) is 0 Å². The Bertz CT molecular complexity index is 462. The lowest BCUT2D eigenvalue weighted by Gasteiger charge is -2.30. The lowest BCUT2D eigenvalue weighted by molar-refractivity contribution is 0.0698. The van der Waals surface area contributed by atoms with Crippen LogP contribution in [0.5, 0.6) is 0 Å². The van der Waals surface area contributed by atoms with Gasteiger partial charge in [-0.25, -0.2) is 4.98 Å². The number of hydrogen-bond acceptors (Lipinski definition) is 3. The van der Waals surface area contributed by atoms with Crippen molar-refractivity contribution in [3.05, 3.63) is 23.9 Å². The number of rotatable bonds is 3. The highest BCUT2D eigenvalue weighted by molar-refractivity contribution is 5.98. The predicted octanol–water partition coefficient (Wildman–Crippen LogP) is 2.53. The molecule has 4 nitrogen and oxygen atoms in total. The van der Waals surface area contributed by atoms with Crippen LogP contribution in [-0.4, -0.2) is 34.9 Å². The molecule has 0 atom stereocenters. The molecule has 0 aromatic carbocycles. The van der Waals surface area contributed by atoms with Gasteiger partial charge in [-0.2, -0.15) is 0 Å². The highest BCUT2D eigenvalue weighted by Crippen LogP contribution is 2.26. The highest BCUT2D eigenvalue weighted by atomic mass is 16.2. The van der Waals surface area contributed by atoms with Gasteiger partial charge in [-0.3, -0.25) is 4.79 Å². The molecule has 0 bridgehead atoms. The van der Waals surface area contributed by atoms with Gasteiger partial charge in [0.05, 0.1) is 5.56 Å². The van der Waals surface area contributed by atoms with Gasteiger partial charge in [-0.1, -0.05) is 6.92 Å². The predicted molar refractivity (Wildman–Crippen MR) is 75.2 cm³/mol. The van der Waals surface area contributed by atoms with Crippen LogP contribution in [0.3, 0.4) is 0 Å². The molecule has 1 saturated carbocycles. The topological polar surface area (TPSA) is 45.2 Å². The molecule has 3 rings (SSSR count). The first-order chi connectivity index (χ1) is 9.24. The number of anilines is 1. The third-order valence-corrected chi connectivity index (χ3v) is 4.03. The van der Waals surface area contributed by atoms with Crippen LogP contribution in [-0.2, 0) is 0 Å². The molecular weight excluding hydrogens is 238 g/mol. The van der Waals surface area contributed by atoms with E-state index in [2.05, 4.69) is 17.2 Å². The summed E-state index contributed by atoms with van der Waals surface area (Å²) in [4.78, 5) is 18.9. The summed E-state index contributed by atoms with van der Waals surface area (Å²) in [6.07, 6.45) is 6.34. The summed E-state index contributed by atoms with van der Waals surface area (Å²) in [6.45, 7) is 4.00. The number of carbonyl (C=O) groups excluding carboxylic acids is 1. The van der Waals surface area contributed by atoms with Crippen LogP contribution in [0.4, 0.5) is 5.82 Å². The highest BCUT2D eigenvalue weighted by Gasteiger charge is 2.27. The van der Waals surface area contributed by atoms with Gasteiger partial charge in [-0.15, -0.1) is 0 Å². The quantitative estimate of drug-likeness (QED) is 0.907. The maximum absolute atomic E-state index is 12.6. The van der Waals surface area contributed by atoms with Crippen LogP contribution < -0.4 is 5.32 Å². The Hall–Kier alpha value is -1.58. The smallest absolute Gasteiger partial charge is 0.257 e. The van der Waals surface area contributed by atoms with Crippen molar-refractivity contribution in [2.75, 3.05) is 18.4 Å². The minimum absolute atomic E-state index is 0.128. The Morgan fingerprint density at radius 3 is 2.74 bits per heavy atom.